The predicted octanol–water partition coefficient (Wildman–Crippen LogP) is 3.77. The van der Waals surface area contributed by atoms with Crippen LogP contribution < -0.4 is 10.5 Å². The van der Waals surface area contributed by atoms with Crippen molar-refractivity contribution in [1.29, 1.82) is 0 Å². The Kier molecular flexibility index (Phi) is 3.10. The van der Waals surface area contributed by atoms with Gasteiger partial charge >= 0.3 is 0 Å². The number of nitrogens with two attached hydrogens (primary N) is 1. The quantitative estimate of drug-likeness (QED) is 0.781. The zero-order chi connectivity index (χ0) is 14.5. The Morgan fingerprint density at radius 1 is 1.35 bits per heavy atom. The largest absolute Gasteiger partial charge is 0.497 e. The van der Waals surface area contributed by atoms with E-state index in [2.05, 4.69) is 32.9 Å². The minimum absolute atomic E-state index is 0.0212. The van der Waals surface area contributed by atoms with Gasteiger partial charge in [0, 0.05) is 16.9 Å². The molecular weight excluding hydrogens is 268 g/mol. The molecule has 1 heterocycles. The second kappa shape index (κ2) is 4.57. The van der Waals surface area contributed by atoms with Crippen LogP contribution in [-0.2, 0) is 6.42 Å². The highest BCUT2D eigenvalue weighted by atomic mass is 32.1. The molecule has 1 aromatic carbocycles. The molecule has 1 atom stereocenters. The Hall–Kier alpha value is -1.39. The summed E-state index contributed by atoms with van der Waals surface area (Å²) in [4.78, 5) is 6.13. The van der Waals surface area contributed by atoms with Crippen molar-refractivity contribution in [3.8, 4) is 17.0 Å². The first kappa shape index (κ1) is 13.6. The Morgan fingerprint density at radius 3 is 2.75 bits per heavy atom. The van der Waals surface area contributed by atoms with Gasteiger partial charge in [-0.3, -0.25) is 0 Å². The molecule has 3 nitrogen and oxygen atoms in total. The van der Waals surface area contributed by atoms with Crippen LogP contribution in [0.3, 0.4) is 0 Å². The van der Waals surface area contributed by atoms with Gasteiger partial charge < -0.3 is 10.5 Å². The predicted molar refractivity (Wildman–Crippen MR) is 83.3 cm³/mol. The van der Waals surface area contributed by atoms with Crippen LogP contribution in [0.4, 0.5) is 0 Å². The smallest absolute Gasteiger partial charge is 0.119 e. The molecular formula is C16H20N2OS. The van der Waals surface area contributed by atoms with Crippen molar-refractivity contribution in [1.82, 2.24) is 4.98 Å². The van der Waals surface area contributed by atoms with E-state index >= 15 is 0 Å². The van der Waals surface area contributed by atoms with Gasteiger partial charge in [0.1, 0.15) is 10.8 Å². The molecule has 1 aliphatic rings. The summed E-state index contributed by atoms with van der Waals surface area (Å²) in [6.45, 7) is 6.46. The maximum atomic E-state index is 6.33. The number of fused-ring (bicyclic) bond motifs is 3. The van der Waals surface area contributed by atoms with Crippen molar-refractivity contribution in [3.05, 3.63) is 33.6 Å². The van der Waals surface area contributed by atoms with Crippen LogP contribution in [0.2, 0.25) is 0 Å². The van der Waals surface area contributed by atoms with Crippen molar-refractivity contribution in [2.24, 2.45) is 11.1 Å². The number of aromatic nitrogens is 1. The third-order valence-electron chi connectivity index (χ3n) is 3.84. The van der Waals surface area contributed by atoms with E-state index < -0.39 is 0 Å². The van der Waals surface area contributed by atoms with Gasteiger partial charge in [-0.25, -0.2) is 4.98 Å². The average Bonchev–Trinajstić information content (AvgIpc) is 2.93. The number of hydrogen-bond donors (Lipinski definition) is 1. The van der Waals surface area contributed by atoms with E-state index in [0.29, 0.717) is 0 Å². The molecule has 0 aliphatic heterocycles. The van der Waals surface area contributed by atoms with Gasteiger partial charge in [0.15, 0.2) is 0 Å². The Balaban J connectivity index is 2.02. The molecule has 0 spiro atoms. The third-order valence-corrected chi connectivity index (χ3v) is 4.97. The normalized spacial score (nSPS) is 14.8. The summed E-state index contributed by atoms with van der Waals surface area (Å²) in [5.41, 5.74) is 9.99. The summed E-state index contributed by atoms with van der Waals surface area (Å²) < 4.78 is 5.31. The van der Waals surface area contributed by atoms with Crippen LogP contribution in [0.1, 0.15) is 42.3 Å². The van der Waals surface area contributed by atoms with Crippen LogP contribution >= 0.6 is 11.3 Å². The summed E-state index contributed by atoms with van der Waals surface area (Å²) in [5, 5.41) is 1.04. The fourth-order valence-corrected chi connectivity index (χ4v) is 3.78. The van der Waals surface area contributed by atoms with Gasteiger partial charge in [-0.15, -0.1) is 11.3 Å². The van der Waals surface area contributed by atoms with Crippen molar-refractivity contribution in [2.45, 2.75) is 33.2 Å². The van der Waals surface area contributed by atoms with E-state index in [9.17, 15) is 0 Å². The van der Waals surface area contributed by atoms with Crippen LogP contribution in [0.15, 0.2) is 18.2 Å². The Bertz CT molecular complexity index is 655. The van der Waals surface area contributed by atoms with Crippen LogP contribution in [0.5, 0.6) is 5.75 Å². The zero-order valence-corrected chi connectivity index (χ0v) is 13.2. The molecule has 0 amide bonds. The van der Waals surface area contributed by atoms with Gasteiger partial charge in [0.25, 0.3) is 0 Å². The van der Waals surface area contributed by atoms with Crippen molar-refractivity contribution < 1.29 is 4.74 Å². The van der Waals surface area contributed by atoms with Gasteiger partial charge in [-0.2, -0.15) is 0 Å². The fourth-order valence-electron chi connectivity index (χ4n) is 2.43. The molecule has 1 aliphatic carbocycles. The van der Waals surface area contributed by atoms with Gasteiger partial charge in [0.05, 0.1) is 18.8 Å². The highest BCUT2D eigenvalue weighted by Crippen LogP contribution is 2.43. The second-order valence-corrected chi connectivity index (χ2v) is 7.48. The molecule has 3 rings (SSSR count). The van der Waals surface area contributed by atoms with E-state index in [4.69, 9.17) is 15.5 Å². The third kappa shape index (κ3) is 2.13. The molecule has 1 unspecified atom stereocenters. The van der Waals surface area contributed by atoms with Crippen LogP contribution in [0.25, 0.3) is 11.3 Å². The number of rotatable bonds is 2. The first-order chi connectivity index (χ1) is 9.40. The maximum Gasteiger partial charge on any atom is 0.119 e. The molecule has 0 radical (unpaired) electrons. The number of hydrogen-bond acceptors (Lipinski definition) is 4. The first-order valence-corrected chi connectivity index (χ1v) is 7.64. The van der Waals surface area contributed by atoms with Gasteiger partial charge in [-0.05, 0) is 23.1 Å². The first-order valence-electron chi connectivity index (χ1n) is 6.82. The number of benzene rings is 1. The lowest BCUT2D eigenvalue weighted by Crippen LogP contribution is -2.26. The minimum Gasteiger partial charge on any atom is -0.497 e. The number of ether oxygens (including phenoxy) is 1. The lowest BCUT2D eigenvalue weighted by atomic mass is 9.88. The van der Waals surface area contributed by atoms with Crippen LogP contribution in [0, 0.1) is 5.41 Å². The Labute approximate surface area is 123 Å². The van der Waals surface area contributed by atoms with Crippen molar-refractivity contribution >= 4 is 11.3 Å². The summed E-state index contributed by atoms with van der Waals surface area (Å²) in [7, 11) is 1.69. The van der Waals surface area contributed by atoms with Crippen molar-refractivity contribution in [3.63, 3.8) is 0 Å². The second-order valence-electron chi connectivity index (χ2n) is 6.37. The molecule has 0 fully saturated rings. The van der Waals surface area contributed by atoms with E-state index in [-0.39, 0.29) is 11.5 Å². The van der Waals surface area contributed by atoms with E-state index in [1.54, 1.807) is 18.4 Å². The molecule has 2 N–H and O–H groups in total. The molecule has 0 saturated heterocycles. The fraction of sp³-hybridized carbons (Fsp3) is 0.438. The SMILES string of the molecule is COc1ccc2c(c1)-c1nc(C(N)C(C)(C)C)sc1C2. The van der Waals surface area contributed by atoms with Crippen LogP contribution in [-0.4, -0.2) is 12.1 Å². The number of nitrogens with zero attached hydrogens (tertiary/aromatic N) is 1. The standard InChI is InChI=1S/C16H20N2OS/c1-16(2,3)14(17)15-18-13-11-8-10(19-4)6-5-9(11)7-12(13)20-15/h5-6,8,14H,7,17H2,1-4H3. The lowest BCUT2D eigenvalue weighted by molar-refractivity contribution is 0.326. The summed E-state index contributed by atoms with van der Waals surface area (Å²) in [6, 6.07) is 6.20. The molecule has 0 saturated carbocycles. The summed E-state index contributed by atoms with van der Waals surface area (Å²) >= 11 is 1.75. The number of methoxy groups -OCH3 is 1. The Morgan fingerprint density at radius 2 is 2.10 bits per heavy atom. The highest BCUT2D eigenvalue weighted by molar-refractivity contribution is 7.12. The number of thiazole rings is 1. The lowest BCUT2D eigenvalue weighted by Gasteiger charge is -2.25. The van der Waals surface area contributed by atoms with Gasteiger partial charge in [-0.1, -0.05) is 26.8 Å². The van der Waals surface area contributed by atoms with E-state index in [1.165, 1.54) is 16.0 Å². The molecule has 2 aromatic rings. The molecule has 4 heteroatoms. The average molecular weight is 288 g/mol. The van der Waals surface area contributed by atoms with E-state index in [1.807, 2.05) is 6.07 Å². The monoisotopic (exact) mass is 288 g/mol. The highest BCUT2D eigenvalue weighted by Gasteiger charge is 2.30. The molecule has 106 valence electrons. The minimum atomic E-state index is -0.0212. The zero-order valence-electron chi connectivity index (χ0n) is 12.4. The molecule has 0 bridgehead atoms. The molecule has 20 heavy (non-hydrogen) atoms. The maximum absolute atomic E-state index is 6.33. The van der Waals surface area contributed by atoms with Crippen molar-refractivity contribution in [2.75, 3.05) is 7.11 Å². The molecule has 1 aromatic heterocycles. The summed E-state index contributed by atoms with van der Waals surface area (Å²) in [5.74, 6) is 0.881. The van der Waals surface area contributed by atoms with Gasteiger partial charge in [0.2, 0.25) is 0 Å². The topological polar surface area (TPSA) is 48.1 Å². The summed E-state index contributed by atoms with van der Waals surface area (Å²) in [6.07, 6.45) is 0.961. The van der Waals surface area contributed by atoms with E-state index in [0.717, 1.165) is 22.9 Å².